The van der Waals surface area contributed by atoms with Crippen LogP contribution in [-0.4, -0.2) is 46.5 Å². The second kappa shape index (κ2) is 8.26. The van der Waals surface area contributed by atoms with Gasteiger partial charge in [-0.3, -0.25) is 0 Å². The highest BCUT2D eigenvalue weighted by Gasteiger charge is 2.47. The molecule has 0 saturated carbocycles. The van der Waals surface area contributed by atoms with Crippen molar-refractivity contribution in [3.05, 3.63) is 59.7 Å². The minimum Gasteiger partial charge on any atom is -0.465 e. The van der Waals surface area contributed by atoms with Gasteiger partial charge < -0.3 is 14.2 Å². The minimum absolute atomic E-state index is 0.272. The zero-order valence-corrected chi connectivity index (χ0v) is 16.2. The van der Waals surface area contributed by atoms with Gasteiger partial charge in [-0.1, -0.05) is 48.5 Å². The Morgan fingerprint density at radius 2 is 2.00 bits per heavy atom. The van der Waals surface area contributed by atoms with E-state index in [1.165, 1.54) is 11.8 Å². The van der Waals surface area contributed by atoms with E-state index in [2.05, 4.69) is 10.3 Å². The molecule has 1 aromatic heterocycles. The number of hydrogen-bond donors (Lipinski definition) is 0. The number of fused-ring (bicyclic) bond motifs is 1. The van der Waals surface area contributed by atoms with E-state index in [0.29, 0.717) is 24.1 Å². The molecule has 2 heterocycles. The van der Waals surface area contributed by atoms with E-state index < -0.39 is 30.6 Å². The Labute approximate surface area is 167 Å². The molecule has 4 atom stereocenters. The number of esters is 1. The average molecular weight is 399 g/mol. The summed E-state index contributed by atoms with van der Waals surface area (Å²) in [6.07, 6.45) is -2.97. The Balaban J connectivity index is 1.60. The van der Waals surface area contributed by atoms with E-state index >= 15 is 4.39 Å². The van der Waals surface area contributed by atoms with Crippen LogP contribution in [0.5, 0.6) is 0 Å². The third kappa shape index (κ3) is 3.61. The van der Waals surface area contributed by atoms with Gasteiger partial charge in [-0.2, -0.15) is 0 Å². The molecule has 1 fully saturated rings. The number of carbonyl (C=O) groups excluding carboxylic acids is 1. The summed E-state index contributed by atoms with van der Waals surface area (Å²) >= 11 is 0. The van der Waals surface area contributed by atoms with Crippen LogP contribution in [0.3, 0.4) is 0 Å². The maximum absolute atomic E-state index is 15.4. The van der Waals surface area contributed by atoms with Crippen LogP contribution in [0.2, 0.25) is 0 Å². The third-order valence-electron chi connectivity index (χ3n) is 5.10. The van der Waals surface area contributed by atoms with Crippen LogP contribution in [0.15, 0.2) is 48.5 Å². The number of ether oxygens (including phenoxy) is 3. The van der Waals surface area contributed by atoms with Crippen molar-refractivity contribution in [1.82, 2.24) is 15.0 Å². The predicted molar refractivity (Wildman–Crippen MR) is 103 cm³/mol. The zero-order valence-electron chi connectivity index (χ0n) is 16.2. The first-order valence-electron chi connectivity index (χ1n) is 9.51. The highest BCUT2D eigenvalue weighted by Crippen LogP contribution is 2.36. The van der Waals surface area contributed by atoms with Gasteiger partial charge in [0.2, 0.25) is 0 Å². The third-order valence-corrected chi connectivity index (χ3v) is 5.10. The lowest BCUT2D eigenvalue weighted by Gasteiger charge is -2.18. The Kier molecular flexibility index (Phi) is 5.55. The van der Waals surface area contributed by atoms with E-state index in [-0.39, 0.29) is 5.56 Å². The smallest absolute Gasteiger partial charge is 0.340 e. The number of alkyl halides is 1. The monoisotopic (exact) mass is 399 g/mol. The summed E-state index contributed by atoms with van der Waals surface area (Å²) in [5.41, 5.74) is 2.08. The molecule has 1 aliphatic heterocycles. The van der Waals surface area contributed by atoms with Gasteiger partial charge in [0.1, 0.15) is 11.6 Å². The molecule has 0 radical (unpaired) electrons. The van der Waals surface area contributed by atoms with Crippen molar-refractivity contribution in [2.45, 2.75) is 44.6 Å². The largest absolute Gasteiger partial charge is 0.465 e. The van der Waals surface area contributed by atoms with Crippen molar-refractivity contribution >= 4 is 17.0 Å². The average Bonchev–Trinajstić information content (AvgIpc) is 3.32. The number of aromatic nitrogens is 3. The van der Waals surface area contributed by atoms with Crippen LogP contribution in [-0.2, 0) is 20.8 Å². The van der Waals surface area contributed by atoms with Gasteiger partial charge >= 0.3 is 5.97 Å². The minimum atomic E-state index is -1.43. The summed E-state index contributed by atoms with van der Waals surface area (Å²) in [5, 5.41) is 8.13. The SMILES string of the molecule is CC[C@H]1O[C@@H](n2nnc3c(C(=O)OC)cccc32)[C@H](F)[C@@H]1OCc1ccccc1. The molecule has 0 aliphatic carbocycles. The first-order chi connectivity index (χ1) is 14.1. The lowest BCUT2D eigenvalue weighted by Crippen LogP contribution is -2.31. The number of benzene rings is 2. The highest BCUT2D eigenvalue weighted by molar-refractivity contribution is 6.01. The van der Waals surface area contributed by atoms with Crippen LogP contribution in [0.1, 0.15) is 35.5 Å². The molecule has 0 spiro atoms. The highest BCUT2D eigenvalue weighted by atomic mass is 19.1. The van der Waals surface area contributed by atoms with Crippen molar-refractivity contribution in [1.29, 1.82) is 0 Å². The van der Waals surface area contributed by atoms with Gasteiger partial charge in [0.25, 0.3) is 0 Å². The quantitative estimate of drug-likeness (QED) is 0.591. The molecule has 29 heavy (non-hydrogen) atoms. The molecule has 1 saturated heterocycles. The molecule has 0 amide bonds. The Bertz CT molecular complexity index is 994. The molecule has 0 bridgehead atoms. The van der Waals surface area contributed by atoms with Crippen LogP contribution < -0.4 is 0 Å². The van der Waals surface area contributed by atoms with Gasteiger partial charge in [0.05, 0.1) is 30.9 Å². The number of nitrogens with zero attached hydrogens (tertiary/aromatic N) is 3. The lowest BCUT2D eigenvalue weighted by molar-refractivity contribution is -0.0459. The fourth-order valence-electron chi connectivity index (χ4n) is 3.61. The predicted octanol–water partition coefficient (Wildman–Crippen LogP) is 3.45. The van der Waals surface area contributed by atoms with Crippen LogP contribution in [0.4, 0.5) is 4.39 Å². The zero-order chi connectivity index (χ0) is 20.4. The number of methoxy groups -OCH3 is 1. The summed E-state index contributed by atoms with van der Waals surface area (Å²) in [7, 11) is 1.30. The fourth-order valence-corrected chi connectivity index (χ4v) is 3.61. The molecule has 1 aliphatic rings. The molecular weight excluding hydrogens is 377 g/mol. The van der Waals surface area contributed by atoms with Crippen molar-refractivity contribution < 1.29 is 23.4 Å². The van der Waals surface area contributed by atoms with Crippen molar-refractivity contribution in [2.75, 3.05) is 7.11 Å². The van der Waals surface area contributed by atoms with Crippen molar-refractivity contribution in [3.8, 4) is 0 Å². The number of halogens is 1. The van der Waals surface area contributed by atoms with E-state index in [9.17, 15) is 4.79 Å². The molecule has 8 heteroatoms. The maximum atomic E-state index is 15.4. The second-order valence-electron chi connectivity index (χ2n) is 6.88. The lowest BCUT2D eigenvalue weighted by atomic mass is 10.1. The van der Waals surface area contributed by atoms with Crippen molar-refractivity contribution in [2.24, 2.45) is 0 Å². The van der Waals surface area contributed by atoms with Crippen molar-refractivity contribution in [3.63, 3.8) is 0 Å². The van der Waals surface area contributed by atoms with Crippen LogP contribution >= 0.6 is 0 Å². The van der Waals surface area contributed by atoms with Gasteiger partial charge in [-0.05, 0) is 24.1 Å². The standard InChI is InChI=1S/C21H22FN3O4/c1-3-16-19(28-12-13-8-5-4-6-9-13)17(22)20(29-16)25-15-11-7-10-14(21(26)27-2)18(15)23-24-25/h4-11,16-17,19-20H,3,12H2,1-2H3/t16-,17-,19-,20-/m1/s1. The second-order valence-corrected chi connectivity index (χ2v) is 6.88. The first-order valence-corrected chi connectivity index (χ1v) is 9.51. The topological polar surface area (TPSA) is 75.5 Å². The van der Waals surface area contributed by atoms with Gasteiger partial charge in [0.15, 0.2) is 12.4 Å². The van der Waals surface area contributed by atoms with Crippen LogP contribution in [0.25, 0.3) is 11.0 Å². The molecule has 3 aromatic rings. The summed E-state index contributed by atoms with van der Waals surface area (Å²) < 4.78 is 33.4. The molecule has 4 rings (SSSR count). The molecule has 152 valence electrons. The summed E-state index contributed by atoms with van der Waals surface area (Å²) in [5.74, 6) is -0.526. The molecule has 0 unspecified atom stereocenters. The normalized spacial score (nSPS) is 24.1. The fraction of sp³-hybridized carbons (Fsp3) is 0.381. The molecular formula is C21H22FN3O4. The number of carbonyl (C=O) groups is 1. The first kappa shape index (κ1) is 19.5. The summed E-state index contributed by atoms with van der Waals surface area (Å²) in [4.78, 5) is 12.0. The summed E-state index contributed by atoms with van der Waals surface area (Å²) in [6, 6.07) is 14.6. The van der Waals surface area contributed by atoms with E-state index in [1.807, 2.05) is 37.3 Å². The van der Waals surface area contributed by atoms with E-state index in [0.717, 1.165) is 5.56 Å². The van der Waals surface area contributed by atoms with Gasteiger partial charge in [-0.25, -0.2) is 13.9 Å². The Morgan fingerprint density at radius 3 is 2.72 bits per heavy atom. The van der Waals surface area contributed by atoms with Gasteiger partial charge in [0, 0.05) is 0 Å². The molecule has 0 N–H and O–H groups in total. The maximum Gasteiger partial charge on any atom is 0.340 e. The Morgan fingerprint density at radius 1 is 1.21 bits per heavy atom. The number of hydrogen-bond acceptors (Lipinski definition) is 6. The van der Waals surface area contributed by atoms with Crippen LogP contribution in [0, 0.1) is 0 Å². The van der Waals surface area contributed by atoms with E-state index in [1.54, 1.807) is 18.2 Å². The van der Waals surface area contributed by atoms with Gasteiger partial charge in [-0.15, -0.1) is 5.10 Å². The molecule has 2 aromatic carbocycles. The number of rotatable bonds is 6. The summed E-state index contributed by atoms with van der Waals surface area (Å²) in [6.45, 7) is 2.22. The molecule has 7 nitrogen and oxygen atoms in total. The Hall–Kier alpha value is -2.84. The van der Waals surface area contributed by atoms with E-state index in [4.69, 9.17) is 14.2 Å².